The van der Waals surface area contributed by atoms with E-state index in [9.17, 15) is 35.3 Å². The number of nitrogens with zero attached hydrogens (tertiary/aromatic N) is 1. The van der Waals surface area contributed by atoms with Gasteiger partial charge in [0.15, 0.2) is 22.8 Å². The van der Waals surface area contributed by atoms with Crippen LogP contribution >= 0.6 is 0 Å². The number of benzene rings is 1. The number of rotatable bonds is 13. The van der Waals surface area contributed by atoms with Gasteiger partial charge in [0.1, 0.15) is 52.8 Å². The Balaban J connectivity index is 1.54. The van der Waals surface area contributed by atoms with Crippen molar-refractivity contribution in [2.45, 2.75) is 141 Å². The molecule has 8 rings (SSSR count). The van der Waals surface area contributed by atoms with Crippen molar-refractivity contribution >= 4 is 23.6 Å². The summed E-state index contributed by atoms with van der Waals surface area (Å²) in [5.74, 6) is -5.82. The molecule has 3 saturated carbocycles. The van der Waals surface area contributed by atoms with Crippen molar-refractivity contribution in [3.05, 3.63) is 67.8 Å². The normalized spacial score (nSPS) is 36.1. The third-order valence-electron chi connectivity index (χ3n) is 13.8. The number of carbonyl (C=O) groups is 3. The lowest BCUT2D eigenvalue weighted by molar-refractivity contribution is -0.494. The summed E-state index contributed by atoms with van der Waals surface area (Å²) in [6.45, 7) is 13.4. The number of esters is 1. The maximum atomic E-state index is 16.0. The SMILES string of the molecule is COC(=O)C(C)=CCC12OC(C)(C)C3CC(C1=O)C(C[N+](=O)[O-])C1C(=O)c4c(O[C@@H]5O[C@H](CO)[C@@H](O)[C@H](O)[C@H]5O)c5c(c(CC=C(C)C)c4OC132)OC(C)(CCC=C(C)C)C=C5. The van der Waals surface area contributed by atoms with E-state index in [0.717, 1.165) is 11.1 Å². The molecular weight excluding hydrogens is 806 g/mol. The molecule has 1 aromatic carbocycles. The minimum Gasteiger partial charge on any atom is -0.482 e. The summed E-state index contributed by atoms with van der Waals surface area (Å²) in [6, 6.07) is 0. The molecule has 3 aliphatic carbocycles. The van der Waals surface area contributed by atoms with Crippen LogP contribution in [0, 0.1) is 33.8 Å². The highest BCUT2D eigenvalue weighted by Crippen LogP contribution is 2.72. The molecule has 4 aliphatic heterocycles. The minimum absolute atomic E-state index is 0.0126. The lowest BCUT2D eigenvalue weighted by Gasteiger charge is -2.62. The molecule has 7 unspecified atom stereocenters. The Kier molecular flexibility index (Phi) is 12.0. The Labute approximate surface area is 360 Å². The number of hydrogen-bond donors (Lipinski definition) is 4. The number of methoxy groups -OCH3 is 1. The van der Waals surface area contributed by atoms with Crippen molar-refractivity contribution in [2.75, 3.05) is 20.3 Å². The van der Waals surface area contributed by atoms with Crippen molar-refractivity contribution in [3.63, 3.8) is 0 Å². The average Bonchev–Trinajstić information content (AvgIpc) is 3.34. The van der Waals surface area contributed by atoms with E-state index in [1.807, 2.05) is 46.8 Å². The van der Waals surface area contributed by atoms with E-state index in [1.165, 1.54) is 20.1 Å². The predicted octanol–water partition coefficient (Wildman–Crippen LogP) is 4.38. The van der Waals surface area contributed by atoms with Gasteiger partial charge in [-0.1, -0.05) is 29.4 Å². The van der Waals surface area contributed by atoms with Crippen LogP contribution in [0.25, 0.3) is 6.08 Å². The molecule has 2 saturated heterocycles. The Morgan fingerprint density at radius 1 is 0.984 bits per heavy atom. The standard InChI is InChI=1S/C46H59NO15/c1-22(2)11-10-16-44(8)17-15-26-37(60-44)25(13-12-23(3)4)39-31(38(26)59-42-36(52)35(51)33(49)29(21-48)58-42)34(50)32-28(20-47(55)56)27-19-30-43(6,7)62-45(40(27)53,46(30,32)61-39)18-14-24(5)41(54)57-9/h11-12,14-15,17,27-30,32-33,35-36,42,48-49,51-52H,10,13,16,18-21H2,1-9H3/t27?,28?,29-,30?,32?,33-,35+,36-,42+,44?,45?,46?/m1/s1. The van der Waals surface area contributed by atoms with Gasteiger partial charge in [0.25, 0.3) is 0 Å². The first-order chi connectivity index (χ1) is 29.1. The second-order valence-electron chi connectivity index (χ2n) is 18.9. The van der Waals surface area contributed by atoms with Crippen LogP contribution in [0.5, 0.6) is 17.2 Å². The lowest BCUT2D eigenvalue weighted by atomic mass is 9.43. The average molecular weight is 866 g/mol. The molecule has 1 spiro atoms. The molecule has 7 aliphatic rings. The second-order valence-corrected chi connectivity index (χ2v) is 18.9. The third kappa shape index (κ3) is 7.10. The van der Waals surface area contributed by atoms with Crippen LogP contribution in [-0.4, -0.2) is 116 Å². The van der Waals surface area contributed by atoms with Crippen LogP contribution in [0.1, 0.15) is 103 Å². The Bertz CT molecular complexity index is 2160. The zero-order valence-corrected chi connectivity index (χ0v) is 36.8. The molecule has 62 heavy (non-hydrogen) atoms. The van der Waals surface area contributed by atoms with E-state index < -0.39 is 112 Å². The van der Waals surface area contributed by atoms with Crippen LogP contribution in [-0.2, 0) is 30.2 Å². The predicted molar refractivity (Wildman–Crippen MR) is 222 cm³/mol. The summed E-state index contributed by atoms with van der Waals surface area (Å²) >= 11 is 0. The van der Waals surface area contributed by atoms with Crippen LogP contribution in [0.3, 0.4) is 0 Å². The Morgan fingerprint density at radius 2 is 1.68 bits per heavy atom. The van der Waals surface area contributed by atoms with Crippen molar-refractivity contribution < 1.29 is 68.2 Å². The van der Waals surface area contributed by atoms with E-state index in [2.05, 4.69) is 6.08 Å². The molecule has 16 heteroatoms. The van der Waals surface area contributed by atoms with E-state index in [0.29, 0.717) is 18.4 Å². The number of aliphatic hydroxyl groups is 4. The lowest BCUT2D eigenvalue weighted by Crippen LogP contribution is -2.79. The molecule has 5 fully saturated rings. The van der Waals surface area contributed by atoms with Gasteiger partial charge in [-0.05, 0) is 93.2 Å². The molecule has 0 radical (unpaired) electrons. The molecular formula is C46H59NO15. The van der Waals surface area contributed by atoms with Crippen molar-refractivity contribution in [1.82, 2.24) is 0 Å². The summed E-state index contributed by atoms with van der Waals surface area (Å²) in [4.78, 5) is 55.9. The fourth-order valence-electron chi connectivity index (χ4n) is 10.9. The second kappa shape index (κ2) is 16.3. The molecule has 338 valence electrons. The van der Waals surface area contributed by atoms with Crippen LogP contribution in [0.15, 0.2) is 41.0 Å². The van der Waals surface area contributed by atoms with Crippen molar-refractivity contribution in [2.24, 2.45) is 23.7 Å². The smallest absolute Gasteiger partial charge is 0.333 e. The van der Waals surface area contributed by atoms with Gasteiger partial charge in [0.05, 0.1) is 30.8 Å². The molecule has 12 atom stereocenters. The number of allylic oxidation sites excluding steroid dienone is 4. The van der Waals surface area contributed by atoms with Crippen LogP contribution in [0.4, 0.5) is 0 Å². The van der Waals surface area contributed by atoms with Crippen LogP contribution in [0.2, 0.25) is 0 Å². The van der Waals surface area contributed by atoms with E-state index in [1.54, 1.807) is 19.9 Å². The third-order valence-corrected chi connectivity index (χ3v) is 13.8. The van der Waals surface area contributed by atoms with Crippen molar-refractivity contribution in [1.29, 1.82) is 0 Å². The van der Waals surface area contributed by atoms with Gasteiger partial charge in [-0.3, -0.25) is 19.7 Å². The number of aliphatic hydroxyl groups excluding tert-OH is 4. The summed E-state index contributed by atoms with van der Waals surface area (Å²) < 4.78 is 38.6. The molecule has 16 nitrogen and oxygen atoms in total. The summed E-state index contributed by atoms with van der Waals surface area (Å²) in [7, 11) is 1.23. The minimum atomic E-state index is -1.90. The van der Waals surface area contributed by atoms with Gasteiger partial charge in [-0.2, -0.15) is 0 Å². The zero-order chi connectivity index (χ0) is 45.4. The molecule has 1 aromatic rings. The molecule has 4 bridgehead atoms. The number of ether oxygens (including phenoxy) is 6. The maximum Gasteiger partial charge on any atom is 0.333 e. The topological polar surface area (TPSA) is 231 Å². The molecule has 4 N–H and O–H groups in total. The highest BCUT2D eigenvalue weighted by Gasteiger charge is 2.86. The Hall–Kier alpha value is -4.45. The Morgan fingerprint density at radius 3 is 2.31 bits per heavy atom. The van der Waals surface area contributed by atoms with Gasteiger partial charge in [0, 0.05) is 40.2 Å². The maximum absolute atomic E-state index is 16.0. The summed E-state index contributed by atoms with van der Waals surface area (Å²) in [5.41, 5.74) is -2.97. The highest BCUT2D eigenvalue weighted by atomic mass is 16.7. The first kappa shape index (κ1) is 45.6. The quantitative estimate of drug-likeness (QED) is 0.0709. The van der Waals surface area contributed by atoms with Crippen molar-refractivity contribution in [3.8, 4) is 17.2 Å². The largest absolute Gasteiger partial charge is 0.482 e. The van der Waals surface area contributed by atoms with Gasteiger partial charge < -0.3 is 48.8 Å². The summed E-state index contributed by atoms with van der Waals surface area (Å²) in [6.07, 6.45) is 1.91. The van der Waals surface area contributed by atoms with E-state index >= 15 is 9.59 Å². The zero-order valence-electron chi connectivity index (χ0n) is 36.8. The highest BCUT2D eigenvalue weighted by molar-refractivity contribution is 6.10. The first-order valence-corrected chi connectivity index (χ1v) is 21.3. The molecule has 4 heterocycles. The van der Waals surface area contributed by atoms with Gasteiger partial charge in [0.2, 0.25) is 12.8 Å². The monoisotopic (exact) mass is 865 g/mol. The van der Waals surface area contributed by atoms with Crippen LogP contribution < -0.4 is 14.2 Å². The van der Waals surface area contributed by atoms with E-state index in [-0.39, 0.29) is 53.2 Å². The summed E-state index contributed by atoms with van der Waals surface area (Å²) in [5, 5.41) is 55.3. The molecule has 0 amide bonds. The van der Waals surface area contributed by atoms with Gasteiger partial charge in [-0.15, -0.1) is 0 Å². The van der Waals surface area contributed by atoms with Gasteiger partial charge >= 0.3 is 5.97 Å². The number of Topliss-reactive ketones (excluding diaryl/α,β-unsaturated/α-hetero) is 2. The number of fused-ring (bicyclic) bond motifs is 2. The fourth-order valence-corrected chi connectivity index (χ4v) is 10.9. The first-order valence-electron chi connectivity index (χ1n) is 21.3. The van der Waals surface area contributed by atoms with E-state index in [4.69, 9.17) is 28.4 Å². The molecule has 0 aromatic heterocycles. The van der Waals surface area contributed by atoms with Gasteiger partial charge in [-0.25, -0.2) is 4.79 Å². The fraction of sp³-hybridized carbons (Fsp3) is 0.630. The number of hydrogen-bond acceptors (Lipinski definition) is 15. The number of nitro groups is 1. The number of carbonyl (C=O) groups excluding carboxylic acids is 3. The number of ketones is 2.